The second-order valence-corrected chi connectivity index (χ2v) is 8.84. The van der Waals surface area contributed by atoms with Gasteiger partial charge >= 0.3 is 0 Å². The van der Waals surface area contributed by atoms with Crippen molar-refractivity contribution in [3.05, 3.63) is 86.3 Å². The fraction of sp³-hybridized carbons (Fsp3) is 0.200. The van der Waals surface area contributed by atoms with Gasteiger partial charge in [-0.15, -0.1) is 0 Å². The van der Waals surface area contributed by atoms with Crippen molar-refractivity contribution in [3.8, 4) is 17.2 Å². The summed E-state index contributed by atoms with van der Waals surface area (Å²) in [4.78, 5) is 12.6. The predicted octanol–water partition coefficient (Wildman–Crippen LogP) is 6.35. The van der Waals surface area contributed by atoms with Gasteiger partial charge in [-0.2, -0.15) is 5.10 Å². The number of amides is 1. The van der Waals surface area contributed by atoms with Crippen molar-refractivity contribution in [3.63, 3.8) is 0 Å². The summed E-state index contributed by atoms with van der Waals surface area (Å²) < 4.78 is 18.8. The minimum atomic E-state index is -0.362. The van der Waals surface area contributed by atoms with E-state index in [9.17, 15) is 4.79 Å². The van der Waals surface area contributed by atoms with Gasteiger partial charge in [-0.25, -0.2) is 5.43 Å². The highest BCUT2D eigenvalue weighted by atomic mass is 79.9. The molecule has 3 aromatic carbocycles. The number of hydrazone groups is 1. The first-order chi connectivity index (χ1) is 16.0. The van der Waals surface area contributed by atoms with Crippen molar-refractivity contribution >= 4 is 44.0 Å². The van der Waals surface area contributed by atoms with Crippen LogP contribution in [0.5, 0.6) is 17.2 Å². The van der Waals surface area contributed by atoms with E-state index in [0.29, 0.717) is 36.0 Å². The van der Waals surface area contributed by atoms with Crippen LogP contribution in [-0.2, 0) is 6.61 Å². The number of rotatable bonds is 10. The van der Waals surface area contributed by atoms with E-state index >= 15 is 0 Å². The van der Waals surface area contributed by atoms with Gasteiger partial charge in [-0.1, -0.05) is 50.9 Å². The topological polar surface area (TPSA) is 69.2 Å². The molecule has 3 rings (SSSR count). The molecule has 1 amide bonds. The van der Waals surface area contributed by atoms with Gasteiger partial charge in [0.2, 0.25) is 0 Å². The summed E-state index contributed by atoms with van der Waals surface area (Å²) in [6.07, 6.45) is 2.43. The van der Waals surface area contributed by atoms with Gasteiger partial charge in [0, 0.05) is 20.1 Å². The molecule has 33 heavy (non-hydrogen) atoms. The van der Waals surface area contributed by atoms with Crippen molar-refractivity contribution < 1.29 is 19.0 Å². The third-order valence-corrected chi connectivity index (χ3v) is 5.56. The number of nitrogens with zero attached hydrogens (tertiary/aromatic N) is 1. The Bertz CT molecular complexity index is 1120. The van der Waals surface area contributed by atoms with Crippen LogP contribution in [0.3, 0.4) is 0 Å². The first-order valence-corrected chi connectivity index (χ1v) is 11.9. The van der Waals surface area contributed by atoms with Gasteiger partial charge in [-0.05, 0) is 60.5 Å². The first-order valence-electron chi connectivity index (χ1n) is 10.3. The fourth-order valence-electron chi connectivity index (χ4n) is 2.86. The average molecular weight is 576 g/mol. The van der Waals surface area contributed by atoms with Crippen LogP contribution in [0.4, 0.5) is 0 Å². The molecule has 0 unspecified atom stereocenters. The zero-order chi connectivity index (χ0) is 23.6. The lowest BCUT2D eigenvalue weighted by atomic mass is 10.2. The maximum absolute atomic E-state index is 12.6. The molecule has 0 aromatic heterocycles. The van der Waals surface area contributed by atoms with Crippen LogP contribution in [0.15, 0.2) is 74.7 Å². The number of ether oxygens (including phenoxy) is 3. The van der Waals surface area contributed by atoms with Crippen molar-refractivity contribution in [2.75, 3.05) is 13.7 Å². The number of halogens is 2. The van der Waals surface area contributed by atoms with Crippen molar-refractivity contribution in [2.24, 2.45) is 5.10 Å². The Hall–Kier alpha value is -2.84. The second-order valence-electron chi connectivity index (χ2n) is 7.01. The molecule has 0 aliphatic carbocycles. The van der Waals surface area contributed by atoms with Crippen LogP contribution >= 0.6 is 31.9 Å². The third kappa shape index (κ3) is 7.33. The summed E-state index contributed by atoms with van der Waals surface area (Å²) in [6, 6.07) is 18.5. The average Bonchev–Trinajstić information content (AvgIpc) is 2.83. The number of carbonyl (C=O) groups excluding carboxylic acids is 1. The van der Waals surface area contributed by atoms with E-state index in [2.05, 4.69) is 42.4 Å². The molecule has 3 aromatic rings. The zero-order valence-corrected chi connectivity index (χ0v) is 21.5. The van der Waals surface area contributed by atoms with Gasteiger partial charge in [0.25, 0.3) is 5.91 Å². The number of hydrogen-bond donors (Lipinski definition) is 1. The lowest BCUT2D eigenvalue weighted by molar-refractivity contribution is 0.0954. The van der Waals surface area contributed by atoms with Crippen LogP contribution in [0.2, 0.25) is 0 Å². The Morgan fingerprint density at radius 2 is 1.67 bits per heavy atom. The Morgan fingerprint density at radius 3 is 2.39 bits per heavy atom. The van der Waals surface area contributed by atoms with Gasteiger partial charge in [0.15, 0.2) is 11.5 Å². The normalized spacial score (nSPS) is 10.8. The van der Waals surface area contributed by atoms with E-state index in [0.717, 1.165) is 26.5 Å². The Morgan fingerprint density at radius 1 is 0.939 bits per heavy atom. The van der Waals surface area contributed by atoms with Crippen molar-refractivity contribution in [2.45, 2.75) is 20.0 Å². The molecule has 172 valence electrons. The number of nitrogens with one attached hydrogen (secondary N) is 1. The molecule has 8 heteroatoms. The van der Waals surface area contributed by atoms with Crippen LogP contribution in [0.1, 0.15) is 34.8 Å². The van der Waals surface area contributed by atoms with Crippen LogP contribution in [0, 0.1) is 0 Å². The molecule has 0 aliphatic rings. The van der Waals surface area contributed by atoms with E-state index in [4.69, 9.17) is 14.2 Å². The molecular weight excluding hydrogens is 552 g/mol. The molecule has 1 N–H and O–H groups in total. The molecule has 0 aliphatic heterocycles. The lowest BCUT2D eigenvalue weighted by Crippen LogP contribution is -2.17. The largest absolute Gasteiger partial charge is 0.493 e. The van der Waals surface area contributed by atoms with Gasteiger partial charge < -0.3 is 14.2 Å². The summed E-state index contributed by atoms with van der Waals surface area (Å²) in [5.74, 6) is 1.38. The molecule has 0 atom stereocenters. The molecule has 0 saturated heterocycles. The number of carbonyl (C=O) groups is 1. The quantitative estimate of drug-likeness (QED) is 0.226. The maximum Gasteiger partial charge on any atom is 0.271 e. The van der Waals surface area contributed by atoms with E-state index in [1.165, 1.54) is 7.11 Å². The van der Waals surface area contributed by atoms with Crippen LogP contribution < -0.4 is 19.6 Å². The maximum atomic E-state index is 12.6. The summed E-state index contributed by atoms with van der Waals surface area (Å²) in [7, 11) is 1.54. The fourth-order valence-corrected chi connectivity index (χ4v) is 3.50. The van der Waals surface area contributed by atoms with Crippen molar-refractivity contribution in [1.82, 2.24) is 5.43 Å². The molecular formula is C25H24Br2N2O4. The molecule has 0 heterocycles. The first kappa shape index (κ1) is 24.8. The van der Waals surface area contributed by atoms with E-state index in [1.807, 2.05) is 49.4 Å². The summed E-state index contributed by atoms with van der Waals surface area (Å²) in [6.45, 7) is 3.01. The van der Waals surface area contributed by atoms with E-state index < -0.39 is 0 Å². The monoisotopic (exact) mass is 574 g/mol. The highest BCUT2D eigenvalue weighted by molar-refractivity contribution is 9.10. The molecule has 0 bridgehead atoms. The Kier molecular flexibility index (Phi) is 9.33. The minimum absolute atomic E-state index is 0.362. The zero-order valence-electron chi connectivity index (χ0n) is 18.3. The summed E-state index contributed by atoms with van der Waals surface area (Å²) in [5, 5.41) is 4.11. The lowest BCUT2D eigenvalue weighted by Gasteiger charge is -2.11. The van der Waals surface area contributed by atoms with Gasteiger partial charge in [0.1, 0.15) is 12.4 Å². The third-order valence-electron chi connectivity index (χ3n) is 4.54. The highest BCUT2D eigenvalue weighted by Crippen LogP contribution is 2.28. The smallest absolute Gasteiger partial charge is 0.271 e. The predicted molar refractivity (Wildman–Crippen MR) is 136 cm³/mol. The van der Waals surface area contributed by atoms with Gasteiger partial charge in [-0.3, -0.25) is 4.79 Å². The molecule has 0 spiro atoms. The van der Waals surface area contributed by atoms with E-state index in [1.54, 1.807) is 24.4 Å². The Labute approximate surface area is 210 Å². The summed E-state index contributed by atoms with van der Waals surface area (Å²) in [5.41, 5.74) is 4.72. The second kappa shape index (κ2) is 12.4. The SMILES string of the molecule is CCCOc1ccc(C(=O)N/N=C/c2cc(Br)ccc2OCc2ccc(Br)cc2)cc1OC. The standard InChI is InChI=1S/C25H24Br2N2O4/c1-3-12-32-23-10-6-18(14-24(23)31-2)25(30)29-28-15-19-13-21(27)9-11-22(19)33-16-17-4-7-20(26)8-5-17/h4-11,13-15H,3,12,16H2,1-2H3,(H,29,30)/b28-15+. The molecule has 0 radical (unpaired) electrons. The minimum Gasteiger partial charge on any atom is -0.493 e. The van der Waals surface area contributed by atoms with Crippen molar-refractivity contribution in [1.29, 1.82) is 0 Å². The van der Waals surface area contributed by atoms with E-state index in [-0.39, 0.29) is 5.91 Å². The number of methoxy groups -OCH3 is 1. The number of hydrogen-bond acceptors (Lipinski definition) is 5. The molecule has 6 nitrogen and oxygen atoms in total. The summed E-state index contributed by atoms with van der Waals surface area (Å²) >= 11 is 6.89. The highest BCUT2D eigenvalue weighted by Gasteiger charge is 2.11. The van der Waals surface area contributed by atoms with Crippen LogP contribution in [0.25, 0.3) is 0 Å². The molecule has 0 saturated carbocycles. The van der Waals surface area contributed by atoms with Gasteiger partial charge in [0.05, 0.1) is 19.9 Å². The Balaban J connectivity index is 1.67. The van der Waals surface area contributed by atoms with Crippen LogP contribution in [-0.4, -0.2) is 25.8 Å². The molecule has 0 fully saturated rings. The number of benzene rings is 3.